The lowest BCUT2D eigenvalue weighted by Gasteiger charge is -2.13. The van der Waals surface area contributed by atoms with Crippen molar-refractivity contribution in [2.75, 3.05) is 0 Å². The Morgan fingerprint density at radius 3 is 2.30 bits per heavy atom. The number of halogens is 1. The fourth-order valence-corrected chi connectivity index (χ4v) is 2.91. The fraction of sp³-hybridized carbons (Fsp3) is 0.211. The summed E-state index contributed by atoms with van der Waals surface area (Å²) in [4.78, 5) is 4.09. The Balaban J connectivity index is 1.57. The SMILES string of the molecule is CC(Cc1ccc(Oc2ccc(I)cc2)cc1)Cn1ccnc1. The first kappa shape index (κ1) is 16.1. The van der Waals surface area contributed by atoms with Gasteiger partial charge in [-0.15, -0.1) is 0 Å². The smallest absolute Gasteiger partial charge is 0.127 e. The van der Waals surface area contributed by atoms with Crippen molar-refractivity contribution in [2.24, 2.45) is 5.92 Å². The molecular formula is C19H19IN2O. The molecule has 0 bridgehead atoms. The van der Waals surface area contributed by atoms with Crippen molar-refractivity contribution in [3.05, 3.63) is 76.4 Å². The lowest BCUT2D eigenvalue weighted by atomic mass is 10.0. The van der Waals surface area contributed by atoms with Crippen molar-refractivity contribution in [1.29, 1.82) is 0 Å². The molecule has 1 unspecified atom stereocenters. The Morgan fingerprint density at radius 2 is 1.70 bits per heavy atom. The summed E-state index contributed by atoms with van der Waals surface area (Å²) in [6, 6.07) is 16.4. The Bertz CT molecular complexity index is 721. The molecule has 0 N–H and O–H groups in total. The average Bonchev–Trinajstić information content (AvgIpc) is 3.04. The maximum atomic E-state index is 5.86. The Hall–Kier alpha value is -1.82. The molecule has 3 aromatic rings. The monoisotopic (exact) mass is 418 g/mol. The Labute approximate surface area is 150 Å². The third kappa shape index (κ3) is 4.82. The molecule has 0 aliphatic heterocycles. The number of rotatable bonds is 6. The number of hydrogen-bond acceptors (Lipinski definition) is 2. The van der Waals surface area contributed by atoms with Crippen molar-refractivity contribution in [3.63, 3.8) is 0 Å². The third-order valence-electron chi connectivity index (χ3n) is 3.64. The second-order valence-corrected chi connectivity index (χ2v) is 7.01. The first-order valence-corrected chi connectivity index (χ1v) is 8.75. The zero-order valence-corrected chi connectivity index (χ0v) is 15.2. The van der Waals surface area contributed by atoms with Crippen LogP contribution in [0.3, 0.4) is 0 Å². The molecular weight excluding hydrogens is 399 g/mol. The first-order chi connectivity index (χ1) is 11.2. The zero-order valence-electron chi connectivity index (χ0n) is 13.0. The normalized spacial score (nSPS) is 12.1. The van der Waals surface area contributed by atoms with Gasteiger partial charge in [-0.2, -0.15) is 0 Å². The van der Waals surface area contributed by atoms with Gasteiger partial charge < -0.3 is 9.30 Å². The molecule has 0 amide bonds. The Kier molecular flexibility index (Phi) is 5.33. The summed E-state index contributed by atoms with van der Waals surface area (Å²) in [6.07, 6.45) is 6.74. The van der Waals surface area contributed by atoms with Crippen molar-refractivity contribution >= 4 is 22.6 Å². The molecule has 0 fully saturated rings. The Morgan fingerprint density at radius 1 is 1.04 bits per heavy atom. The lowest BCUT2D eigenvalue weighted by molar-refractivity contribution is 0.474. The van der Waals surface area contributed by atoms with Gasteiger partial charge in [-0.25, -0.2) is 4.98 Å². The first-order valence-electron chi connectivity index (χ1n) is 7.67. The van der Waals surface area contributed by atoms with Gasteiger partial charge in [-0.05, 0) is 76.9 Å². The highest BCUT2D eigenvalue weighted by molar-refractivity contribution is 14.1. The molecule has 0 spiro atoms. The van der Waals surface area contributed by atoms with E-state index in [-0.39, 0.29) is 0 Å². The summed E-state index contributed by atoms with van der Waals surface area (Å²) in [5.74, 6) is 2.30. The fourth-order valence-electron chi connectivity index (χ4n) is 2.55. The van der Waals surface area contributed by atoms with Crippen LogP contribution in [0.2, 0.25) is 0 Å². The largest absolute Gasteiger partial charge is 0.457 e. The summed E-state index contributed by atoms with van der Waals surface area (Å²) in [5, 5.41) is 0. The predicted molar refractivity (Wildman–Crippen MR) is 101 cm³/mol. The molecule has 23 heavy (non-hydrogen) atoms. The van der Waals surface area contributed by atoms with E-state index in [2.05, 4.69) is 51.2 Å². The molecule has 0 aliphatic rings. The van der Waals surface area contributed by atoms with E-state index in [1.165, 1.54) is 9.13 Å². The number of benzene rings is 2. The summed E-state index contributed by atoms with van der Waals surface area (Å²) in [7, 11) is 0. The summed E-state index contributed by atoms with van der Waals surface area (Å²) in [5.41, 5.74) is 1.33. The van der Waals surface area contributed by atoms with Crippen LogP contribution in [0.25, 0.3) is 0 Å². The lowest BCUT2D eigenvalue weighted by Crippen LogP contribution is -2.08. The molecule has 0 radical (unpaired) electrons. The highest BCUT2D eigenvalue weighted by Crippen LogP contribution is 2.23. The van der Waals surface area contributed by atoms with Crippen molar-refractivity contribution in [2.45, 2.75) is 19.9 Å². The van der Waals surface area contributed by atoms with Crippen molar-refractivity contribution in [3.8, 4) is 11.5 Å². The molecule has 0 aliphatic carbocycles. The van der Waals surface area contributed by atoms with Gasteiger partial charge in [-0.1, -0.05) is 19.1 Å². The number of ether oxygens (including phenoxy) is 1. The van der Waals surface area contributed by atoms with E-state index in [1.54, 1.807) is 0 Å². The van der Waals surface area contributed by atoms with Crippen LogP contribution in [0.15, 0.2) is 67.3 Å². The standard InChI is InChI=1S/C19H19IN2O/c1-15(13-22-11-10-21-14-22)12-16-2-6-18(7-3-16)23-19-8-4-17(20)5-9-19/h2-11,14-15H,12-13H2,1H3. The second kappa shape index (κ2) is 7.64. The van der Waals surface area contributed by atoms with Crippen molar-refractivity contribution in [1.82, 2.24) is 9.55 Å². The zero-order chi connectivity index (χ0) is 16.1. The molecule has 3 rings (SSSR count). The van der Waals surface area contributed by atoms with E-state index < -0.39 is 0 Å². The molecule has 1 aromatic heterocycles. The van der Waals surface area contributed by atoms with E-state index in [9.17, 15) is 0 Å². The topological polar surface area (TPSA) is 27.1 Å². The van der Waals surface area contributed by atoms with E-state index in [4.69, 9.17) is 4.74 Å². The molecule has 1 heterocycles. The maximum Gasteiger partial charge on any atom is 0.127 e. The van der Waals surface area contributed by atoms with E-state index >= 15 is 0 Å². The predicted octanol–water partition coefficient (Wildman–Crippen LogP) is 5.16. The van der Waals surface area contributed by atoms with Gasteiger partial charge in [-0.3, -0.25) is 0 Å². The summed E-state index contributed by atoms with van der Waals surface area (Å²) >= 11 is 2.29. The van der Waals surface area contributed by atoms with Crippen LogP contribution in [0.1, 0.15) is 12.5 Å². The maximum absolute atomic E-state index is 5.86. The third-order valence-corrected chi connectivity index (χ3v) is 4.36. The van der Waals surface area contributed by atoms with Crippen LogP contribution < -0.4 is 4.74 Å². The molecule has 0 saturated heterocycles. The molecule has 2 aromatic carbocycles. The van der Waals surface area contributed by atoms with Gasteiger partial charge in [0.05, 0.1) is 6.33 Å². The molecule has 1 atom stereocenters. The number of imidazole rings is 1. The van der Waals surface area contributed by atoms with Crippen LogP contribution >= 0.6 is 22.6 Å². The van der Waals surface area contributed by atoms with Crippen LogP contribution in [0, 0.1) is 9.49 Å². The summed E-state index contributed by atoms with van der Waals surface area (Å²) < 4.78 is 9.19. The van der Waals surface area contributed by atoms with Crippen molar-refractivity contribution < 1.29 is 4.74 Å². The van der Waals surface area contributed by atoms with Gasteiger partial charge in [0.1, 0.15) is 11.5 Å². The number of nitrogens with zero attached hydrogens (tertiary/aromatic N) is 2. The second-order valence-electron chi connectivity index (χ2n) is 5.77. The van der Waals surface area contributed by atoms with E-state index in [0.29, 0.717) is 5.92 Å². The van der Waals surface area contributed by atoms with E-state index in [1.807, 2.05) is 55.1 Å². The molecule has 4 heteroatoms. The average molecular weight is 418 g/mol. The van der Waals surface area contributed by atoms with Gasteiger partial charge in [0, 0.05) is 22.5 Å². The minimum Gasteiger partial charge on any atom is -0.457 e. The van der Waals surface area contributed by atoms with Gasteiger partial charge in [0.15, 0.2) is 0 Å². The summed E-state index contributed by atoms with van der Waals surface area (Å²) in [6.45, 7) is 3.25. The minimum absolute atomic E-state index is 0.562. The quantitative estimate of drug-likeness (QED) is 0.518. The van der Waals surface area contributed by atoms with Crippen LogP contribution in [0.4, 0.5) is 0 Å². The van der Waals surface area contributed by atoms with Crippen LogP contribution in [-0.2, 0) is 13.0 Å². The van der Waals surface area contributed by atoms with Gasteiger partial charge in [0.2, 0.25) is 0 Å². The van der Waals surface area contributed by atoms with Crippen LogP contribution in [-0.4, -0.2) is 9.55 Å². The van der Waals surface area contributed by atoms with Gasteiger partial charge >= 0.3 is 0 Å². The molecule has 0 saturated carbocycles. The van der Waals surface area contributed by atoms with Gasteiger partial charge in [0.25, 0.3) is 0 Å². The number of aromatic nitrogens is 2. The highest BCUT2D eigenvalue weighted by Gasteiger charge is 2.05. The molecule has 118 valence electrons. The number of hydrogen-bond donors (Lipinski definition) is 0. The highest BCUT2D eigenvalue weighted by atomic mass is 127. The van der Waals surface area contributed by atoms with E-state index in [0.717, 1.165) is 24.5 Å². The minimum atomic E-state index is 0.562. The van der Waals surface area contributed by atoms with Crippen LogP contribution in [0.5, 0.6) is 11.5 Å². The molecule has 3 nitrogen and oxygen atoms in total.